The van der Waals surface area contributed by atoms with Crippen LogP contribution in [-0.2, 0) is 4.43 Å². The predicted octanol–water partition coefficient (Wildman–Crippen LogP) is 4.34. The van der Waals surface area contributed by atoms with Crippen molar-refractivity contribution in [3.63, 3.8) is 0 Å². The molecule has 0 spiro atoms. The fourth-order valence-electron chi connectivity index (χ4n) is 3.43. The quantitative estimate of drug-likeness (QED) is 0.468. The van der Waals surface area contributed by atoms with Gasteiger partial charge in [0.1, 0.15) is 0 Å². The topological polar surface area (TPSA) is 42.2 Å². The smallest absolute Gasteiger partial charge is 0.0418 e. The van der Waals surface area contributed by atoms with Crippen LogP contribution >= 0.6 is 22.6 Å². The van der Waals surface area contributed by atoms with Gasteiger partial charge in [0.2, 0.25) is 0 Å². The third kappa shape index (κ3) is 2.74. The van der Waals surface area contributed by atoms with Crippen molar-refractivity contribution in [2.45, 2.75) is 30.2 Å². The normalized spacial score (nSPS) is 18.8. The Bertz CT molecular complexity index is 684. The van der Waals surface area contributed by atoms with E-state index in [4.69, 9.17) is 5.73 Å². The third-order valence-corrected chi connectivity index (χ3v) is 5.43. The number of nitrogens with zero attached hydrogens (tertiary/aromatic N) is 2. The lowest BCUT2D eigenvalue weighted by molar-refractivity contribution is 0.317. The molecule has 1 aliphatic heterocycles. The molecule has 0 amide bonds. The van der Waals surface area contributed by atoms with Gasteiger partial charge in [0.25, 0.3) is 0 Å². The zero-order valence-electron chi connectivity index (χ0n) is 13.1. The molecule has 116 valence electrons. The Kier molecular flexibility index (Phi) is 4.68. The molecule has 2 N–H and O–H groups in total. The number of nitrogens with two attached hydrogens (primary N) is 1. The van der Waals surface area contributed by atoms with Crippen LogP contribution in [0.2, 0.25) is 0 Å². The molecule has 0 unspecified atom stereocenters. The van der Waals surface area contributed by atoms with Gasteiger partial charge in [-0.1, -0.05) is 40.8 Å². The Morgan fingerprint density at radius 1 is 1.36 bits per heavy atom. The van der Waals surface area contributed by atoms with E-state index in [9.17, 15) is 0 Å². The SMILES string of the molecule is Cc1ncc([C@@H]2CCCN2C)c(-c2ccccc2N)c1CI. The summed E-state index contributed by atoms with van der Waals surface area (Å²) in [6.45, 7) is 3.25. The summed E-state index contributed by atoms with van der Waals surface area (Å²) < 4.78 is 0.949. The van der Waals surface area contributed by atoms with Gasteiger partial charge in [0, 0.05) is 33.6 Å². The highest BCUT2D eigenvalue weighted by Crippen LogP contribution is 2.41. The fourth-order valence-corrected chi connectivity index (χ4v) is 4.36. The highest BCUT2D eigenvalue weighted by Gasteiger charge is 2.27. The summed E-state index contributed by atoms with van der Waals surface area (Å²) in [6, 6.07) is 8.64. The highest BCUT2D eigenvalue weighted by atomic mass is 127. The molecule has 1 aromatic heterocycles. The van der Waals surface area contributed by atoms with Gasteiger partial charge in [-0.25, -0.2) is 0 Å². The Balaban J connectivity index is 2.25. The van der Waals surface area contributed by atoms with Gasteiger partial charge in [-0.2, -0.15) is 0 Å². The molecule has 3 rings (SSSR count). The van der Waals surface area contributed by atoms with Crippen molar-refractivity contribution in [1.82, 2.24) is 9.88 Å². The second kappa shape index (κ2) is 6.54. The highest BCUT2D eigenvalue weighted by molar-refractivity contribution is 14.1. The minimum Gasteiger partial charge on any atom is -0.398 e. The summed E-state index contributed by atoms with van der Waals surface area (Å²) in [4.78, 5) is 7.11. The Morgan fingerprint density at radius 2 is 2.14 bits per heavy atom. The predicted molar refractivity (Wildman–Crippen MR) is 101 cm³/mol. The van der Waals surface area contributed by atoms with E-state index in [0.717, 1.165) is 27.9 Å². The summed E-state index contributed by atoms with van der Waals surface area (Å²) in [5.41, 5.74) is 13.3. The number of anilines is 1. The molecule has 1 atom stereocenters. The Labute approximate surface area is 146 Å². The number of hydrogen-bond acceptors (Lipinski definition) is 3. The summed E-state index contributed by atoms with van der Waals surface area (Å²) in [6.07, 6.45) is 4.51. The third-order valence-electron chi connectivity index (χ3n) is 4.67. The second-order valence-electron chi connectivity index (χ2n) is 6.01. The maximum Gasteiger partial charge on any atom is 0.0418 e. The summed E-state index contributed by atoms with van der Waals surface area (Å²) in [7, 11) is 2.21. The van der Waals surface area contributed by atoms with E-state index in [1.807, 2.05) is 12.1 Å². The van der Waals surface area contributed by atoms with E-state index in [-0.39, 0.29) is 0 Å². The number of benzene rings is 1. The fraction of sp³-hybridized carbons (Fsp3) is 0.389. The number of rotatable bonds is 3. The first-order valence-corrected chi connectivity index (χ1v) is 9.25. The molecule has 0 bridgehead atoms. The molecule has 1 aliphatic rings. The van der Waals surface area contributed by atoms with Crippen LogP contribution in [0.3, 0.4) is 0 Å². The summed E-state index contributed by atoms with van der Waals surface area (Å²) >= 11 is 2.43. The van der Waals surface area contributed by atoms with Gasteiger partial charge in [0.15, 0.2) is 0 Å². The van der Waals surface area contributed by atoms with Crippen LogP contribution in [0.25, 0.3) is 11.1 Å². The zero-order chi connectivity index (χ0) is 15.7. The molecule has 1 aromatic carbocycles. The van der Waals surface area contributed by atoms with Crippen LogP contribution < -0.4 is 5.73 Å². The Hall–Kier alpha value is -1.14. The molecular weight excluding hydrogens is 385 g/mol. The van der Waals surface area contributed by atoms with Crippen LogP contribution in [0.1, 0.15) is 35.7 Å². The largest absolute Gasteiger partial charge is 0.398 e. The van der Waals surface area contributed by atoms with E-state index in [0.29, 0.717) is 6.04 Å². The molecule has 3 nitrogen and oxygen atoms in total. The van der Waals surface area contributed by atoms with Crippen LogP contribution in [0, 0.1) is 6.92 Å². The van der Waals surface area contributed by atoms with E-state index in [2.05, 4.69) is 64.8 Å². The van der Waals surface area contributed by atoms with Gasteiger partial charge in [0.05, 0.1) is 0 Å². The first-order valence-electron chi connectivity index (χ1n) is 7.73. The van der Waals surface area contributed by atoms with Crippen molar-refractivity contribution >= 4 is 28.3 Å². The minimum atomic E-state index is 0.449. The van der Waals surface area contributed by atoms with Crippen LogP contribution in [0.15, 0.2) is 30.5 Å². The van der Waals surface area contributed by atoms with E-state index in [1.54, 1.807) is 0 Å². The van der Waals surface area contributed by atoms with Crippen molar-refractivity contribution < 1.29 is 0 Å². The summed E-state index contributed by atoms with van der Waals surface area (Å²) in [5.74, 6) is 0. The minimum absolute atomic E-state index is 0.449. The second-order valence-corrected chi connectivity index (χ2v) is 6.77. The average molecular weight is 407 g/mol. The lowest BCUT2D eigenvalue weighted by Crippen LogP contribution is -2.19. The lowest BCUT2D eigenvalue weighted by atomic mass is 9.90. The molecule has 2 heterocycles. The number of nitrogen functional groups attached to an aromatic ring is 1. The number of aryl methyl sites for hydroxylation is 1. The first kappa shape index (κ1) is 15.7. The maximum atomic E-state index is 6.29. The maximum absolute atomic E-state index is 6.29. The molecule has 0 saturated carbocycles. The molecular formula is C18H22IN3. The van der Waals surface area contributed by atoms with Crippen molar-refractivity contribution in [2.75, 3.05) is 19.3 Å². The standard InChI is InChI=1S/C18H22IN3/c1-12-14(10-19)18(13-6-3-4-7-16(13)20)15(11-21-12)17-8-5-9-22(17)2/h3-4,6-7,11,17H,5,8-10,20H2,1-2H3/t17-/m0/s1. The van der Waals surface area contributed by atoms with Crippen molar-refractivity contribution in [3.8, 4) is 11.1 Å². The molecule has 4 heteroatoms. The number of alkyl halides is 1. The van der Waals surface area contributed by atoms with Gasteiger partial charge >= 0.3 is 0 Å². The van der Waals surface area contributed by atoms with Crippen LogP contribution in [0.4, 0.5) is 5.69 Å². The van der Waals surface area contributed by atoms with Crippen molar-refractivity contribution in [1.29, 1.82) is 0 Å². The van der Waals surface area contributed by atoms with Crippen molar-refractivity contribution in [3.05, 3.63) is 47.3 Å². The monoisotopic (exact) mass is 407 g/mol. The van der Waals surface area contributed by atoms with E-state index < -0.39 is 0 Å². The average Bonchev–Trinajstić information content (AvgIpc) is 2.93. The molecule has 1 fully saturated rings. The molecule has 0 aliphatic carbocycles. The number of hydrogen-bond donors (Lipinski definition) is 1. The van der Waals surface area contributed by atoms with Gasteiger partial charge in [-0.05, 0) is 56.1 Å². The van der Waals surface area contributed by atoms with Gasteiger partial charge in [-0.15, -0.1) is 0 Å². The number of para-hydroxylation sites is 1. The van der Waals surface area contributed by atoms with Gasteiger partial charge in [-0.3, -0.25) is 9.88 Å². The molecule has 2 aromatic rings. The van der Waals surface area contributed by atoms with Crippen LogP contribution in [0.5, 0.6) is 0 Å². The van der Waals surface area contributed by atoms with E-state index in [1.165, 1.54) is 29.5 Å². The lowest BCUT2D eigenvalue weighted by Gasteiger charge is -2.25. The van der Waals surface area contributed by atoms with Crippen molar-refractivity contribution in [2.24, 2.45) is 0 Å². The molecule has 1 saturated heterocycles. The van der Waals surface area contributed by atoms with E-state index >= 15 is 0 Å². The van der Waals surface area contributed by atoms with Gasteiger partial charge < -0.3 is 5.73 Å². The zero-order valence-corrected chi connectivity index (χ0v) is 15.3. The Morgan fingerprint density at radius 3 is 2.77 bits per heavy atom. The number of aromatic nitrogens is 1. The van der Waals surface area contributed by atoms with Crippen LogP contribution in [-0.4, -0.2) is 23.5 Å². The number of likely N-dealkylation sites (tertiary alicyclic amines) is 1. The molecule has 22 heavy (non-hydrogen) atoms. The number of pyridine rings is 1. The summed E-state index contributed by atoms with van der Waals surface area (Å²) in [5, 5.41) is 0. The molecule has 0 radical (unpaired) electrons. The first-order chi connectivity index (χ1) is 10.6. The number of halogens is 1.